The number of hydrogen-bond acceptors (Lipinski definition) is 3. The number of hydrogen-bond donors (Lipinski definition) is 1. The Hall–Kier alpha value is -0.980. The van der Waals surface area contributed by atoms with Gasteiger partial charge >= 0.3 is 0 Å². The average molecular weight is 262 g/mol. The molecule has 0 bridgehead atoms. The maximum Gasteiger partial charge on any atom is 0.113 e. The molecule has 0 aliphatic heterocycles. The number of benzene rings is 1. The highest BCUT2D eigenvalue weighted by atomic mass is 32.2. The van der Waals surface area contributed by atoms with E-state index < -0.39 is 5.54 Å². The van der Waals surface area contributed by atoms with E-state index in [0.29, 0.717) is 6.04 Å². The van der Waals surface area contributed by atoms with Crippen LogP contribution in [-0.2, 0) is 0 Å². The van der Waals surface area contributed by atoms with Crippen LogP contribution in [-0.4, -0.2) is 17.3 Å². The first-order valence-corrected chi connectivity index (χ1v) is 7.24. The molecule has 1 N–H and O–H groups in total. The fourth-order valence-corrected chi connectivity index (χ4v) is 2.99. The van der Waals surface area contributed by atoms with Gasteiger partial charge in [-0.1, -0.05) is 17.7 Å². The van der Waals surface area contributed by atoms with Crippen molar-refractivity contribution in [3.8, 4) is 6.07 Å². The lowest BCUT2D eigenvalue weighted by atomic mass is 10.1. The Bertz CT molecular complexity index is 448. The highest BCUT2D eigenvalue weighted by molar-refractivity contribution is 7.99. The van der Waals surface area contributed by atoms with Crippen LogP contribution in [0.5, 0.6) is 0 Å². The van der Waals surface area contributed by atoms with Crippen LogP contribution in [0.4, 0.5) is 0 Å². The van der Waals surface area contributed by atoms with Gasteiger partial charge in [-0.25, -0.2) is 0 Å². The second kappa shape index (κ2) is 6.26. The molecule has 1 aromatic carbocycles. The predicted molar refractivity (Wildman–Crippen MR) is 78.9 cm³/mol. The standard InChI is InChI=1S/C15H22N2S/c1-11(2)17-15(5,9-16)10-18-14-8-12(3)6-7-13(14)4/h6-8,11,17H,10H2,1-5H3. The van der Waals surface area contributed by atoms with E-state index in [1.807, 2.05) is 6.92 Å². The number of rotatable bonds is 5. The summed E-state index contributed by atoms with van der Waals surface area (Å²) in [5, 5.41) is 12.6. The van der Waals surface area contributed by atoms with E-state index >= 15 is 0 Å². The second-order valence-corrected chi connectivity index (χ2v) is 6.32. The van der Waals surface area contributed by atoms with Crippen molar-refractivity contribution in [1.82, 2.24) is 5.32 Å². The molecule has 0 saturated carbocycles. The molecule has 1 unspecified atom stereocenters. The first-order valence-electron chi connectivity index (χ1n) is 6.25. The summed E-state index contributed by atoms with van der Waals surface area (Å²) >= 11 is 1.75. The molecule has 1 rings (SSSR count). The Labute approximate surface area is 115 Å². The Morgan fingerprint density at radius 3 is 2.61 bits per heavy atom. The average Bonchev–Trinajstić information content (AvgIpc) is 2.29. The smallest absolute Gasteiger partial charge is 0.113 e. The van der Waals surface area contributed by atoms with Crippen molar-refractivity contribution in [3.05, 3.63) is 29.3 Å². The van der Waals surface area contributed by atoms with E-state index in [-0.39, 0.29) is 0 Å². The third kappa shape index (κ3) is 4.36. The van der Waals surface area contributed by atoms with Crippen molar-refractivity contribution >= 4 is 11.8 Å². The Kier molecular flexibility index (Phi) is 5.25. The summed E-state index contributed by atoms with van der Waals surface area (Å²) < 4.78 is 0. The fraction of sp³-hybridized carbons (Fsp3) is 0.533. The predicted octanol–water partition coefficient (Wildman–Crippen LogP) is 3.68. The highest BCUT2D eigenvalue weighted by Crippen LogP contribution is 2.26. The van der Waals surface area contributed by atoms with Crippen LogP contribution in [0.3, 0.4) is 0 Å². The molecule has 0 amide bonds. The minimum absolute atomic E-state index is 0.314. The molecule has 18 heavy (non-hydrogen) atoms. The topological polar surface area (TPSA) is 35.8 Å². The normalized spacial score (nSPS) is 14.3. The van der Waals surface area contributed by atoms with Crippen molar-refractivity contribution < 1.29 is 0 Å². The van der Waals surface area contributed by atoms with E-state index in [2.05, 4.69) is 57.3 Å². The molecule has 0 fully saturated rings. The summed E-state index contributed by atoms with van der Waals surface area (Å²) in [6.45, 7) is 10.3. The van der Waals surface area contributed by atoms with Gasteiger partial charge in [0.15, 0.2) is 0 Å². The minimum Gasteiger partial charge on any atom is -0.297 e. The van der Waals surface area contributed by atoms with E-state index in [1.165, 1.54) is 16.0 Å². The van der Waals surface area contributed by atoms with Gasteiger partial charge < -0.3 is 0 Å². The molecule has 1 aromatic rings. The number of nitriles is 1. The van der Waals surface area contributed by atoms with Crippen molar-refractivity contribution in [2.75, 3.05) is 5.75 Å². The summed E-state index contributed by atoms with van der Waals surface area (Å²) in [6, 6.07) is 9.14. The minimum atomic E-state index is -0.477. The third-order valence-electron chi connectivity index (χ3n) is 2.71. The number of aryl methyl sites for hydroxylation is 2. The van der Waals surface area contributed by atoms with E-state index in [1.54, 1.807) is 11.8 Å². The van der Waals surface area contributed by atoms with Crippen LogP contribution in [0.1, 0.15) is 31.9 Å². The molecular formula is C15H22N2S. The van der Waals surface area contributed by atoms with Crippen LogP contribution in [0.15, 0.2) is 23.1 Å². The molecule has 0 aliphatic carbocycles. The maximum atomic E-state index is 9.31. The van der Waals surface area contributed by atoms with Crippen molar-refractivity contribution in [2.45, 2.75) is 51.1 Å². The maximum absolute atomic E-state index is 9.31. The van der Waals surface area contributed by atoms with Gasteiger partial charge in [-0.05, 0) is 46.2 Å². The molecule has 0 radical (unpaired) electrons. The summed E-state index contributed by atoms with van der Waals surface area (Å²) in [4.78, 5) is 1.27. The van der Waals surface area contributed by atoms with Crippen molar-refractivity contribution in [2.24, 2.45) is 0 Å². The number of thioether (sulfide) groups is 1. The molecule has 0 aromatic heterocycles. The molecule has 2 nitrogen and oxygen atoms in total. The van der Waals surface area contributed by atoms with Crippen molar-refractivity contribution in [3.63, 3.8) is 0 Å². The SMILES string of the molecule is Cc1ccc(C)c(SCC(C)(C#N)NC(C)C)c1. The second-order valence-electron chi connectivity index (χ2n) is 5.30. The van der Waals surface area contributed by atoms with Crippen LogP contribution < -0.4 is 5.32 Å². The van der Waals surface area contributed by atoms with Crippen LogP contribution in [0.25, 0.3) is 0 Å². The first-order chi connectivity index (χ1) is 8.36. The van der Waals surface area contributed by atoms with Crippen LogP contribution >= 0.6 is 11.8 Å². The van der Waals surface area contributed by atoms with Crippen molar-refractivity contribution in [1.29, 1.82) is 5.26 Å². The monoisotopic (exact) mass is 262 g/mol. The van der Waals surface area contributed by atoms with Gasteiger partial charge in [-0.15, -0.1) is 11.8 Å². The lowest BCUT2D eigenvalue weighted by molar-refractivity contribution is 0.443. The highest BCUT2D eigenvalue weighted by Gasteiger charge is 2.24. The Morgan fingerprint density at radius 2 is 2.06 bits per heavy atom. The first kappa shape index (κ1) is 15.1. The molecule has 98 valence electrons. The molecule has 3 heteroatoms. The van der Waals surface area contributed by atoms with Crippen LogP contribution in [0, 0.1) is 25.2 Å². The fourth-order valence-electron chi connectivity index (χ4n) is 1.83. The van der Waals surface area contributed by atoms with Gasteiger partial charge in [0.05, 0.1) is 6.07 Å². The number of nitrogens with zero attached hydrogens (tertiary/aromatic N) is 1. The molecule has 0 saturated heterocycles. The van der Waals surface area contributed by atoms with Gasteiger partial charge in [-0.3, -0.25) is 5.32 Å². The Morgan fingerprint density at radius 1 is 1.39 bits per heavy atom. The molecule has 0 aliphatic rings. The van der Waals surface area contributed by atoms with E-state index in [9.17, 15) is 5.26 Å². The quantitative estimate of drug-likeness (QED) is 0.822. The van der Waals surface area contributed by atoms with Gasteiger partial charge in [0, 0.05) is 16.7 Å². The van der Waals surface area contributed by atoms with Gasteiger partial charge in [0.25, 0.3) is 0 Å². The summed E-state index contributed by atoms with van der Waals surface area (Å²) in [5.74, 6) is 0.756. The molecule has 0 heterocycles. The summed E-state index contributed by atoms with van der Waals surface area (Å²) in [5.41, 5.74) is 2.06. The van der Waals surface area contributed by atoms with Gasteiger partial charge in [0.2, 0.25) is 0 Å². The largest absolute Gasteiger partial charge is 0.297 e. The van der Waals surface area contributed by atoms with E-state index in [4.69, 9.17) is 0 Å². The third-order valence-corrected chi connectivity index (χ3v) is 4.19. The zero-order chi connectivity index (χ0) is 13.8. The van der Waals surface area contributed by atoms with Crippen LogP contribution in [0.2, 0.25) is 0 Å². The summed E-state index contributed by atoms with van der Waals surface area (Å²) in [6.07, 6.45) is 0. The number of nitrogens with one attached hydrogen (secondary N) is 1. The molecular weight excluding hydrogens is 240 g/mol. The van der Waals surface area contributed by atoms with Gasteiger partial charge in [0.1, 0.15) is 5.54 Å². The Balaban J connectivity index is 2.74. The zero-order valence-corrected chi connectivity index (χ0v) is 12.7. The summed E-state index contributed by atoms with van der Waals surface area (Å²) in [7, 11) is 0. The zero-order valence-electron chi connectivity index (χ0n) is 11.9. The van der Waals surface area contributed by atoms with E-state index in [0.717, 1.165) is 5.75 Å². The lowest BCUT2D eigenvalue weighted by Crippen LogP contribution is -2.47. The molecule has 1 atom stereocenters. The molecule has 0 spiro atoms. The lowest BCUT2D eigenvalue weighted by Gasteiger charge is -2.25. The van der Waals surface area contributed by atoms with Gasteiger partial charge in [-0.2, -0.15) is 5.26 Å².